The standard InChI is InChI=1S/C23H20N4O2S3/c1-2-26-22(29)20-16(18-9-6-12-30-18)13-31-21(20)24-23(26)32-14-19(28)27-11-10-17(25-27)15-7-4-3-5-8-15/h3-9,12-13H,2,10-11,14H2,1H3. The van der Waals surface area contributed by atoms with Crippen LogP contribution in [0.2, 0.25) is 0 Å². The average molecular weight is 481 g/mol. The summed E-state index contributed by atoms with van der Waals surface area (Å²) < 4.78 is 1.66. The molecule has 32 heavy (non-hydrogen) atoms. The zero-order chi connectivity index (χ0) is 22.1. The van der Waals surface area contributed by atoms with Crippen LogP contribution in [0.1, 0.15) is 18.9 Å². The van der Waals surface area contributed by atoms with Crippen LogP contribution in [0.25, 0.3) is 20.7 Å². The summed E-state index contributed by atoms with van der Waals surface area (Å²) in [4.78, 5) is 32.6. The molecule has 0 atom stereocenters. The highest BCUT2D eigenvalue weighted by Crippen LogP contribution is 2.34. The van der Waals surface area contributed by atoms with Crippen molar-refractivity contribution in [3.63, 3.8) is 0 Å². The van der Waals surface area contributed by atoms with Crippen molar-refractivity contribution in [1.82, 2.24) is 14.6 Å². The van der Waals surface area contributed by atoms with Crippen molar-refractivity contribution >= 4 is 56.3 Å². The maximum atomic E-state index is 13.3. The number of fused-ring (bicyclic) bond motifs is 1. The first kappa shape index (κ1) is 21.1. The lowest BCUT2D eigenvalue weighted by Crippen LogP contribution is -2.26. The first-order valence-corrected chi connectivity index (χ1v) is 13.0. The van der Waals surface area contributed by atoms with Crippen molar-refractivity contribution in [3.05, 3.63) is 69.1 Å². The Morgan fingerprint density at radius 2 is 2.00 bits per heavy atom. The molecule has 0 spiro atoms. The van der Waals surface area contributed by atoms with Gasteiger partial charge in [0, 0.05) is 28.8 Å². The third-order valence-corrected chi connectivity index (χ3v) is 8.02. The summed E-state index contributed by atoms with van der Waals surface area (Å²) in [5.41, 5.74) is 2.85. The fraction of sp³-hybridized carbons (Fsp3) is 0.217. The number of carbonyl (C=O) groups is 1. The van der Waals surface area contributed by atoms with E-state index in [4.69, 9.17) is 4.98 Å². The minimum Gasteiger partial charge on any atom is -0.287 e. The number of aromatic nitrogens is 2. The van der Waals surface area contributed by atoms with Gasteiger partial charge in [0.1, 0.15) is 4.83 Å². The molecule has 0 saturated heterocycles. The molecule has 5 rings (SSSR count). The van der Waals surface area contributed by atoms with Gasteiger partial charge in [-0.2, -0.15) is 5.10 Å². The van der Waals surface area contributed by atoms with Crippen molar-refractivity contribution in [1.29, 1.82) is 0 Å². The molecule has 162 valence electrons. The second kappa shape index (κ2) is 9.01. The van der Waals surface area contributed by atoms with E-state index in [0.717, 1.165) is 28.1 Å². The van der Waals surface area contributed by atoms with Gasteiger partial charge in [0.25, 0.3) is 11.5 Å². The zero-order valence-electron chi connectivity index (χ0n) is 17.4. The molecule has 1 aromatic carbocycles. The molecule has 1 aliphatic rings. The molecule has 0 radical (unpaired) electrons. The Bertz CT molecular complexity index is 1360. The van der Waals surface area contributed by atoms with Gasteiger partial charge in [-0.05, 0) is 23.9 Å². The van der Waals surface area contributed by atoms with Crippen LogP contribution >= 0.6 is 34.4 Å². The maximum absolute atomic E-state index is 13.3. The summed E-state index contributed by atoms with van der Waals surface area (Å²) in [7, 11) is 0. The summed E-state index contributed by atoms with van der Waals surface area (Å²) in [6.45, 7) is 3.00. The van der Waals surface area contributed by atoms with Gasteiger partial charge in [0.05, 0.1) is 23.4 Å². The van der Waals surface area contributed by atoms with Crippen LogP contribution in [0.4, 0.5) is 0 Å². The van der Waals surface area contributed by atoms with Crippen molar-refractivity contribution in [2.75, 3.05) is 12.3 Å². The third kappa shape index (κ3) is 3.92. The second-order valence-corrected chi connectivity index (χ2v) is 9.97. The number of hydrogen-bond donors (Lipinski definition) is 0. The van der Waals surface area contributed by atoms with E-state index < -0.39 is 0 Å². The predicted octanol–water partition coefficient (Wildman–Crippen LogP) is 4.94. The lowest BCUT2D eigenvalue weighted by molar-refractivity contribution is -0.127. The molecule has 0 unspecified atom stereocenters. The van der Waals surface area contributed by atoms with Crippen LogP contribution in [0.15, 0.2) is 68.3 Å². The molecule has 4 heterocycles. The van der Waals surface area contributed by atoms with Crippen molar-refractivity contribution in [2.24, 2.45) is 5.10 Å². The van der Waals surface area contributed by atoms with E-state index in [2.05, 4.69) is 5.10 Å². The summed E-state index contributed by atoms with van der Waals surface area (Å²) in [6, 6.07) is 13.9. The Balaban J connectivity index is 1.37. The van der Waals surface area contributed by atoms with Crippen LogP contribution in [0.5, 0.6) is 0 Å². The lowest BCUT2D eigenvalue weighted by Gasteiger charge is -2.13. The van der Waals surface area contributed by atoms with Gasteiger partial charge in [0.2, 0.25) is 0 Å². The van der Waals surface area contributed by atoms with Gasteiger partial charge in [-0.1, -0.05) is 48.2 Å². The van der Waals surface area contributed by atoms with E-state index >= 15 is 0 Å². The van der Waals surface area contributed by atoms with Gasteiger partial charge < -0.3 is 0 Å². The number of nitrogens with zero attached hydrogens (tertiary/aromatic N) is 4. The molecule has 3 aromatic heterocycles. The van der Waals surface area contributed by atoms with E-state index in [9.17, 15) is 9.59 Å². The normalized spacial score (nSPS) is 13.7. The number of thiophene rings is 2. The lowest BCUT2D eigenvalue weighted by atomic mass is 10.1. The molecule has 0 fully saturated rings. The Hall–Kier alpha value is -2.75. The molecule has 0 N–H and O–H groups in total. The van der Waals surface area contributed by atoms with Crippen molar-refractivity contribution in [3.8, 4) is 10.4 Å². The average Bonchev–Trinajstić information content (AvgIpc) is 3.58. The SMILES string of the molecule is CCn1c(SCC(=O)N2CCC(c3ccccc3)=N2)nc2scc(-c3cccs3)c2c1=O. The quantitative estimate of drug-likeness (QED) is 0.290. The van der Waals surface area contributed by atoms with E-state index in [1.54, 1.807) is 15.9 Å². The first-order chi connectivity index (χ1) is 15.7. The highest BCUT2D eigenvalue weighted by Gasteiger charge is 2.23. The van der Waals surface area contributed by atoms with Crippen LogP contribution in [-0.2, 0) is 11.3 Å². The zero-order valence-corrected chi connectivity index (χ0v) is 19.8. The highest BCUT2D eigenvalue weighted by molar-refractivity contribution is 7.99. The topological polar surface area (TPSA) is 67.6 Å². The molecule has 6 nitrogen and oxygen atoms in total. The summed E-state index contributed by atoms with van der Waals surface area (Å²) in [5, 5.41) is 11.3. The van der Waals surface area contributed by atoms with Crippen molar-refractivity contribution in [2.45, 2.75) is 25.0 Å². The Kier molecular flexibility index (Phi) is 5.95. The fourth-order valence-corrected chi connectivity index (χ4v) is 6.41. The van der Waals surface area contributed by atoms with Gasteiger partial charge in [-0.15, -0.1) is 22.7 Å². The maximum Gasteiger partial charge on any atom is 0.263 e. The number of amides is 1. The van der Waals surface area contributed by atoms with Crippen LogP contribution < -0.4 is 5.56 Å². The number of hydrogen-bond acceptors (Lipinski definition) is 7. The molecule has 0 saturated carbocycles. The molecule has 9 heteroatoms. The number of hydrazone groups is 1. The van der Waals surface area contributed by atoms with Gasteiger partial charge in [0.15, 0.2) is 5.16 Å². The van der Waals surface area contributed by atoms with E-state index in [1.807, 2.05) is 60.1 Å². The van der Waals surface area contributed by atoms with E-state index in [0.29, 0.717) is 28.5 Å². The van der Waals surface area contributed by atoms with Crippen LogP contribution in [-0.4, -0.2) is 38.5 Å². The van der Waals surface area contributed by atoms with Gasteiger partial charge in [-0.25, -0.2) is 9.99 Å². The second-order valence-electron chi connectivity index (χ2n) is 7.22. The molecular formula is C23H20N4O2S3. The monoisotopic (exact) mass is 480 g/mol. The Labute approximate surface area is 197 Å². The van der Waals surface area contributed by atoms with Gasteiger partial charge in [-0.3, -0.25) is 14.2 Å². The first-order valence-electron chi connectivity index (χ1n) is 10.3. The fourth-order valence-electron chi connectivity index (χ4n) is 3.68. The predicted molar refractivity (Wildman–Crippen MR) is 133 cm³/mol. The van der Waals surface area contributed by atoms with Gasteiger partial charge >= 0.3 is 0 Å². The molecule has 0 aliphatic carbocycles. The number of rotatable bonds is 6. The van der Waals surface area contributed by atoms with Crippen molar-refractivity contribution < 1.29 is 4.79 Å². The van der Waals surface area contributed by atoms with E-state index in [1.165, 1.54) is 28.1 Å². The van der Waals surface area contributed by atoms with Crippen LogP contribution in [0.3, 0.4) is 0 Å². The highest BCUT2D eigenvalue weighted by atomic mass is 32.2. The third-order valence-electron chi connectivity index (χ3n) is 5.28. The Morgan fingerprint density at radius 1 is 1.16 bits per heavy atom. The van der Waals surface area contributed by atoms with E-state index in [-0.39, 0.29) is 17.2 Å². The number of benzene rings is 1. The number of carbonyl (C=O) groups excluding carboxylic acids is 1. The van der Waals surface area contributed by atoms with Crippen LogP contribution in [0, 0.1) is 0 Å². The minimum absolute atomic E-state index is 0.0531. The molecule has 4 aromatic rings. The summed E-state index contributed by atoms with van der Waals surface area (Å²) in [5.74, 6) is 0.107. The molecular weight excluding hydrogens is 460 g/mol. The Morgan fingerprint density at radius 3 is 2.75 bits per heavy atom. The molecule has 0 bridgehead atoms. The molecule has 1 amide bonds. The summed E-state index contributed by atoms with van der Waals surface area (Å²) in [6.07, 6.45) is 0.741. The largest absolute Gasteiger partial charge is 0.287 e. The number of thioether (sulfide) groups is 1. The molecule has 1 aliphatic heterocycles. The minimum atomic E-state index is -0.0802. The smallest absolute Gasteiger partial charge is 0.263 e. The summed E-state index contributed by atoms with van der Waals surface area (Å²) >= 11 is 4.38.